The van der Waals surface area contributed by atoms with Crippen molar-refractivity contribution in [1.82, 2.24) is 5.32 Å². The lowest BCUT2D eigenvalue weighted by Gasteiger charge is -2.24. The van der Waals surface area contributed by atoms with Crippen molar-refractivity contribution in [2.45, 2.75) is 42.4 Å². The van der Waals surface area contributed by atoms with Gasteiger partial charge in [-0.1, -0.05) is 37.5 Å². The number of anilines is 2. The number of nitrogens with zero attached hydrogens (tertiary/aromatic N) is 1. The highest BCUT2D eigenvalue weighted by molar-refractivity contribution is 7.94. The second kappa shape index (κ2) is 11.0. The number of para-hydroxylation sites is 1. The fraction of sp³-hybridized carbons (Fsp3) is 0.280. The summed E-state index contributed by atoms with van der Waals surface area (Å²) in [6.45, 7) is -0.551. The van der Waals surface area contributed by atoms with E-state index in [1.807, 2.05) is 0 Å². The first-order chi connectivity index (χ1) is 16.8. The fourth-order valence-corrected chi connectivity index (χ4v) is 6.59. The standard InChI is InChI=1S/C25H26FN3O4S2/c26-18-12-14-20(15-13-18)29(35(32,33)24-11-6-16-34-24)17-23(30)28-22-10-5-4-9-21(22)25(31)27-19-7-2-1-3-8-19/h4-6,9-16,19H,1-3,7-8,17H2,(H,27,31)(H,28,30). The summed E-state index contributed by atoms with van der Waals surface area (Å²) in [6.07, 6.45) is 5.15. The lowest BCUT2D eigenvalue weighted by atomic mass is 9.95. The van der Waals surface area contributed by atoms with E-state index in [4.69, 9.17) is 0 Å². The number of hydrogen-bond donors (Lipinski definition) is 2. The van der Waals surface area contributed by atoms with Crippen LogP contribution in [0.15, 0.2) is 70.3 Å². The second-order valence-corrected chi connectivity index (χ2v) is 11.4. The van der Waals surface area contributed by atoms with Crippen LogP contribution >= 0.6 is 11.3 Å². The van der Waals surface area contributed by atoms with Crippen LogP contribution in [0.5, 0.6) is 0 Å². The van der Waals surface area contributed by atoms with Gasteiger partial charge in [-0.15, -0.1) is 11.3 Å². The summed E-state index contributed by atoms with van der Waals surface area (Å²) in [7, 11) is -4.07. The van der Waals surface area contributed by atoms with Gasteiger partial charge in [0.25, 0.3) is 15.9 Å². The summed E-state index contributed by atoms with van der Waals surface area (Å²) in [5.74, 6) is -1.44. The van der Waals surface area contributed by atoms with Gasteiger partial charge < -0.3 is 10.6 Å². The minimum atomic E-state index is -4.07. The van der Waals surface area contributed by atoms with Crippen LogP contribution in [0.3, 0.4) is 0 Å². The normalized spacial score (nSPS) is 14.3. The quantitative estimate of drug-likeness (QED) is 0.451. The molecule has 10 heteroatoms. The number of amides is 2. The van der Waals surface area contributed by atoms with Crippen molar-refractivity contribution in [3.8, 4) is 0 Å². The molecule has 1 aliphatic rings. The topological polar surface area (TPSA) is 95.6 Å². The van der Waals surface area contributed by atoms with Crippen molar-refractivity contribution < 1.29 is 22.4 Å². The zero-order valence-electron chi connectivity index (χ0n) is 18.9. The molecule has 0 bridgehead atoms. The van der Waals surface area contributed by atoms with E-state index in [2.05, 4.69) is 10.6 Å². The molecule has 1 fully saturated rings. The van der Waals surface area contributed by atoms with Crippen LogP contribution in [0.1, 0.15) is 42.5 Å². The molecule has 0 saturated heterocycles. The summed E-state index contributed by atoms with van der Waals surface area (Å²) in [5.41, 5.74) is 0.748. The van der Waals surface area contributed by atoms with E-state index in [0.717, 1.165) is 59.9 Å². The Morgan fingerprint density at radius 1 is 0.971 bits per heavy atom. The van der Waals surface area contributed by atoms with Crippen LogP contribution in [0.2, 0.25) is 0 Å². The first-order valence-corrected chi connectivity index (χ1v) is 13.7. The van der Waals surface area contributed by atoms with Crippen LogP contribution in [-0.4, -0.2) is 32.8 Å². The average Bonchev–Trinajstić information content (AvgIpc) is 3.40. The second-order valence-electron chi connectivity index (χ2n) is 8.32. The molecule has 0 radical (unpaired) electrons. The summed E-state index contributed by atoms with van der Waals surface area (Å²) >= 11 is 1.02. The molecule has 1 aromatic heterocycles. The average molecular weight is 516 g/mol. The Kier molecular flexibility index (Phi) is 7.82. The molecule has 7 nitrogen and oxygen atoms in total. The molecular formula is C25H26FN3O4S2. The van der Waals surface area contributed by atoms with Gasteiger partial charge in [0.2, 0.25) is 5.91 Å². The van der Waals surface area contributed by atoms with Gasteiger partial charge in [-0.2, -0.15) is 0 Å². The van der Waals surface area contributed by atoms with Gasteiger partial charge in [0, 0.05) is 6.04 Å². The minimum Gasteiger partial charge on any atom is -0.349 e. The zero-order valence-corrected chi connectivity index (χ0v) is 20.6. The molecule has 4 rings (SSSR count). The molecule has 3 aromatic rings. The predicted molar refractivity (Wildman–Crippen MR) is 135 cm³/mol. The van der Waals surface area contributed by atoms with Crippen LogP contribution < -0.4 is 14.9 Å². The number of carbonyl (C=O) groups excluding carboxylic acids is 2. The summed E-state index contributed by atoms with van der Waals surface area (Å²) in [4.78, 5) is 25.9. The Morgan fingerprint density at radius 2 is 1.69 bits per heavy atom. The Morgan fingerprint density at radius 3 is 2.37 bits per heavy atom. The molecule has 0 spiro atoms. The van der Waals surface area contributed by atoms with Gasteiger partial charge in [0.1, 0.15) is 16.6 Å². The number of halogens is 1. The smallest absolute Gasteiger partial charge is 0.274 e. The third-order valence-electron chi connectivity index (χ3n) is 5.83. The number of benzene rings is 2. The summed E-state index contributed by atoms with van der Waals surface area (Å²) in [5, 5.41) is 7.34. The summed E-state index contributed by atoms with van der Waals surface area (Å²) in [6, 6.07) is 14.6. The van der Waals surface area contributed by atoms with Crippen LogP contribution in [-0.2, 0) is 14.8 Å². The molecule has 35 heavy (non-hydrogen) atoms. The number of nitrogens with one attached hydrogen (secondary N) is 2. The number of rotatable bonds is 8. The minimum absolute atomic E-state index is 0.0573. The zero-order chi connectivity index (χ0) is 24.8. The highest BCUT2D eigenvalue weighted by Crippen LogP contribution is 2.27. The molecule has 0 unspecified atom stereocenters. The highest BCUT2D eigenvalue weighted by atomic mass is 32.2. The largest absolute Gasteiger partial charge is 0.349 e. The maximum absolute atomic E-state index is 13.5. The Bertz CT molecular complexity index is 1270. The van der Waals surface area contributed by atoms with E-state index in [0.29, 0.717) is 11.3 Å². The van der Waals surface area contributed by atoms with Gasteiger partial charge in [-0.05, 0) is 60.7 Å². The van der Waals surface area contributed by atoms with Gasteiger partial charge in [0.05, 0.1) is 16.9 Å². The van der Waals surface area contributed by atoms with Crippen molar-refractivity contribution in [2.24, 2.45) is 0 Å². The molecule has 0 aliphatic heterocycles. The maximum Gasteiger partial charge on any atom is 0.274 e. The fourth-order valence-electron chi connectivity index (χ4n) is 4.06. The van der Waals surface area contributed by atoms with Gasteiger partial charge in [0.15, 0.2) is 0 Å². The van der Waals surface area contributed by atoms with E-state index < -0.39 is 28.3 Å². The maximum atomic E-state index is 13.5. The molecule has 2 amide bonds. The van der Waals surface area contributed by atoms with Crippen LogP contribution in [0.4, 0.5) is 15.8 Å². The van der Waals surface area contributed by atoms with Crippen molar-refractivity contribution in [1.29, 1.82) is 0 Å². The van der Waals surface area contributed by atoms with Crippen molar-refractivity contribution in [3.05, 3.63) is 77.4 Å². The number of thiophene rings is 1. The van der Waals surface area contributed by atoms with Crippen LogP contribution in [0.25, 0.3) is 0 Å². The molecule has 1 aliphatic carbocycles. The number of carbonyl (C=O) groups is 2. The first-order valence-electron chi connectivity index (χ1n) is 11.4. The van der Waals surface area contributed by atoms with E-state index in [-0.39, 0.29) is 21.8 Å². The van der Waals surface area contributed by atoms with Gasteiger partial charge in [-0.3, -0.25) is 13.9 Å². The predicted octanol–water partition coefficient (Wildman–Crippen LogP) is 4.78. The van der Waals surface area contributed by atoms with E-state index in [1.165, 1.54) is 18.2 Å². The monoisotopic (exact) mass is 515 g/mol. The Balaban J connectivity index is 1.54. The third-order valence-corrected chi connectivity index (χ3v) is 8.97. The number of sulfonamides is 1. The lowest BCUT2D eigenvalue weighted by molar-refractivity contribution is -0.114. The molecule has 2 N–H and O–H groups in total. The first kappa shape index (κ1) is 24.9. The SMILES string of the molecule is O=C(CN(c1ccc(F)cc1)S(=O)(=O)c1cccs1)Nc1ccccc1C(=O)NC1CCCCC1. The molecule has 1 saturated carbocycles. The Hall–Kier alpha value is -3.24. The van der Waals surface area contributed by atoms with E-state index in [1.54, 1.807) is 35.7 Å². The molecule has 184 valence electrons. The number of hydrogen-bond acceptors (Lipinski definition) is 5. The van der Waals surface area contributed by atoms with Crippen molar-refractivity contribution >= 4 is 44.5 Å². The Labute approximate surface area is 208 Å². The lowest BCUT2D eigenvalue weighted by Crippen LogP contribution is -2.39. The molecule has 1 heterocycles. The molecule has 0 atom stereocenters. The van der Waals surface area contributed by atoms with Gasteiger partial charge >= 0.3 is 0 Å². The van der Waals surface area contributed by atoms with Crippen molar-refractivity contribution in [3.63, 3.8) is 0 Å². The molecule has 2 aromatic carbocycles. The van der Waals surface area contributed by atoms with E-state index >= 15 is 0 Å². The van der Waals surface area contributed by atoms with E-state index in [9.17, 15) is 22.4 Å². The summed E-state index contributed by atoms with van der Waals surface area (Å²) < 4.78 is 41.0. The van der Waals surface area contributed by atoms with Crippen molar-refractivity contribution in [2.75, 3.05) is 16.2 Å². The van der Waals surface area contributed by atoms with Crippen LogP contribution in [0, 0.1) is 5.82 Å². The highest BCUT2D eigenvalue weighted by Gasteiger charge is 2.28. The third kappa shape index (κ3) is 6.07. The van der Waals surface area contributed by atoms with Gasteiger partial charge in [-0.25, -0.2) is 12.8 Å². The molecular weight excluding hydrogens is 489 g/mol.